The molecule has 0 unspecified atom stereocenters. The van der Waals surface area contributed by atoms with Crippen LogP contribution in [0.1, 0.15) is 51.5 Å². The lowest BCUT2D eigenvalue weighted by Gasteiger charge is -2.36. The van der Waals surface area contributed by atoms with Crippen molar-refractivity contribution in [2.45, 2.75) is 52.9 Å². The lowest BCUT2D eigenvalue weighted by atomic mass is 9.77. The maximum absolute atomic E-state index is 13.2. The van der Waals surface area contributed by atoms with E-state index in [0.717, 1.165) is 62.3 Å². The number of carbonyl (C=O) groups excluding carboxylic acids is 1. The fourth-order valence-corrected chi connectivity index (χ4v) is 4.99. The van der Waals surface area contributed by atoms with E-state index < -0.39 is 0 Å². The van der Waals surface area contributed by atoms with Crippen LogP contribution in [0.15, 0.2) is 24.3 Å². The second-order valence-corrected chi connectivity index (χ2v) is 9.10. The Labute approximate surface area is 160 Å². The summed E-state index contributed by atoms with van der Waals surface area (Å²) >= 11 is 1.72. The van der Waals surface area contributed by atoms with Gasteiger partial charge in [-0.05, 0) is 56.3 Å². The Morgan fingerprint density at radius 2 is 1.96 bits per heavy atom. The molecule has 0 spiro atoms. The summed E-state index contributed by atoms with van der Waals surface area (Å²) in [5, 5.41) is 7.77. The molecule has 4 nitrogen and oxygen atoms in total. The van der Waals surface area contributed by atoms with E-state index in [9.17, 15) is 4.79 Å². The van der Waals surface area contributed by atoms with Gasteiger partial charge < -0.3 is 10.6 Å². The van der Waals surface area contributed by atoms with Gasteiger partial charge in [0.05, 0.1) is 20.6 Å². The number of aromatic nitrogens is 1. The molecular formula is C21H31N3OS. The molecule has 1 aliphatic heterocycles. The molecule has 5 heteroatoms. The zero-order chi connectivity index (χ0) is 18.6. The molecule has 142 valence electrons. The Kier molecular flexibility index (Phi) is 5.98. The van der Waals surface area contributed by atoms with Gasteiger partial charge in [0.1, 0.15) is 0 Å². The Morgan fingerprint density at radius 1 is 1.27 bits per heavy atom. The molecule has 1 aromatic carbocycles. The number of nitrogens with zero attached hydrogens (tertiary/aromatic N) is 1. The minimum absolute atomic E-state index is 0.196. The van der Waals surface area contributed by atoms with E-state index in [1.54, 1.807) is 11.3 Å². The number of fused-ring (bicyclic) bond motifs is 1. The van der Waals surface area contributed by atoms with E-state index in [1.807, 2.05) is 18.2 Å². The number of thiazole rings is 1. The molecule has 1 aromatic heterocycles. The van der Waals surface area contributed by atoms with Crippen LogP contribution >= 0.6 is 11.3 Å². The number of hydrogen-bond acceptors (Lipinski definition) is 4. The molecule has 1 fully saturated rings. The van der Waals surface area contributed by atoms with Gasteiger partial charge in [-0.2, -0.15) is 0 Å². The van der Waals surface area contributed by atoms with Crippen molar-refractivity contribution >= 4 is 27.5 Å². The minimum Gasteiger partial charge on any atom is -0.355 e. The molecule has 2 N–H and O–H groups in total. The normalized spacial score (nSPS) is 17.3. The molecular weight excluding hydrogens is 342 g/mol. The SMILES string of the molecule is CCC(CC)(Cc1nc2ccccc2s1)C(=O)NCC1(C)CCNCC1. The summed E-state index contributed by atoms with van der Waals surface area (Å²) in [5.41, 5.74) is 0.887. The van der Waals surface area contributed by atoms with Crippen molar-refractivity contribution in [3.63, 3.8) is 0 Å². The first-order chi connectivity index (χ1) is 12.5. The number of nitrogens with one attached hydrogen (secondary N) is 2. The lowest BCUT2D eigenvalue weighted by Crippen LogP contribution is -2.48. The number of benzene rings is 1. The summed E-state index contributed by atoms with van der Waals surface area (Å²) in [4.78, 5) is 18.0. The van der Waals surface area contributed by atoms with Crippen molar-refractivity contribution < 1.29 is 4.79 Å². The summed E-state index contributed by atoms with van der Waals surface area (Å²) in [6.07, 6.45) is 4.64. The Morgan fingerprint density at radius 3 is 2.62 bits per heavy atom. The van der Waals surface area contributed by atoms with Crippen molar-refractivity contribution in [3.8, 4) is 0 Å². The van der Waals surface area contributed by atoms with Crippen LogP contribution in [0.25, 0.3) is 10.2 Å². The monoisotopic (exact) mass is 373 g/mol. The number of para-hydroxylation sites is 1. The highest BCUT2D eigenvalue weighted by Gasteiger charge is 2.37. The molecule has 2 aromatic rings. The van der Waals surface area contributed by atoms with Crippen molar-refractivity contribution in [3.05, 3.63) is 29.3 Å². The van der Waals surface area contributed by atoms with Gasteiger partial charge in [-0.3, -0.25) is 4.79 Å². The van der Waals surface area contributed by atoms with Crippen LogP contribution in [0.2, 0.25) is 0 Å². The molecule has 0 bridgehead atoms. The molecule has 3 rings (SSSR count). The van der Waals surface area contributed by atoms with Crippen LogP contribution in [-0.4, -0.2) is 30.5 Å². The van der Waals surface area contributed by atoms with Crippen LogP contribution in [0.3, 0.4) is 0 Å². The average Bonchev–Trinajstić information content (AvgIpc) is 3.07. The van der Waals surface area contributed by atoms with E-state index in [-0.39, 0.29) is 16.7 Å². The van der Waals surface area contributed by atoms with Crippen molar-refractivity contribution in [1.82, 2.24) is 15.6 Å². The third kappa shape index (κ3) is 4.09. The third-order valence-electron chi connectivity index (χ3n) is 6.15. The summed E-state index contributed by atoms with van der Waals surface area (Å²) < 4.78 is 1.20. The second kappa shape index (κ2) is 8.05. The zero-order valence-corrected chi connectivity index (χ0v) is 17.0. The van der Waals surface area contributed by atoms with E-state index in [2.05, 4.69) is 37.5 Å². The van der Waals surface area contributed by atoms with Gasteiger partial charge in [-0.15, -0.1) is 11.3 Å². The van der Waals surface area contributed by atoms with Crippen LogP contribution in [-0.2, 0) is 11.2 Å². The molecule has 0 aliphatic carbocycles. The maximum Gasteiger partial charge on any atom is 0.226 e. The van der Waals surface area contributed by atoms with Crippen molar-refractivity contribution in [2.24, 2.45) is 10.8 Å². The van der Waals surface area contributed by atoms with Gasteiger partial charge in [0.2, 0.25) is 5.91 Å². The number of rotatable bonds is 7. The summed E-state index contributed by atoms with van der Waals surface area (Å²) in [6.45, 7) is 9.41. The highest BCUT2D eigenvalue weighted by atomic mass is 32.1. The predicted molar refractivity (Wildman–Crippen MR) is 110 cm³/mol. The summed E-state index contributed by atoms with van der Waals surface area (Å²) in [5.74, 6) is 0.196. The molecule has 26 heavy (non-hydrogen) atoms. The Hall–Kier alpha value is -1.46. The smallest absolute Gasteiger partial charge is 0.226 e. The fraction of sp³-hybridized carbons (Fsp3) is 0.619. The maximum atomic E-state index is 13.2. The largest absolute Gasteiger partial charge is 0.355 e. The van der Waals surface area contributed by atoms with Gasteiger partial charge in [-0.25, -0.2) is 4.98 Å². The van der Waals surface area contributed by atoms with Gasteiger partial charge in [-0.1, -0.05) is 32.9 Å². The van der Waals surface area contributed by atoms with Crippen LogP contribution in [0, 0.1) is 10.8 Å². The Balaban J connectivity index is 1.72. The minimum atomic E-state index is -0.364. The predicted octanol–water partition coefficient (Wildman–Crippen LogP) is 4.15. The standard InChI is InChI=1S/C21H31N3OS/c1-4-21(5-2,14-18-24-16-8-6-7-9-17(16)26-18)19(25)23-15-20(3)10-12-22-13-11-20/h6-9,22H,4-5,10-15H2,1-3H3,(H,23,25). The van der Waals surface area contributed by atoms with Gasteiger partial charge in [0.25, 0.3) is 0 Å². The highest BCUT2D eigenvalue weighted by Crippen LogP contribution is 2.35. The van der Waals surface area contributed by atoms with E-state index in [4.69, 9.17) is 4.98 Å². The van der Waals surface area contributed by atoms with Crippen molar-refractivity contribution in [1.29, 1.82) is 0 Å². The van der Waals surface area contributed by atoms with Crippen LogP contribution in [0.5, 0.6) is 0 Å². The van der Waals surface area contributed by atoms with E-state index >= 15 is 0 Å². The number of carbonyl (C=O) groups is 1. The van der Waals surface area contributed by atoms with E-state index in [1.165, 1.54) is 4.70 Å². The molecule has 0 radical (unpaired) electrons. The van der Waals surface area contributed by atoms with Crippen LogP contribution < -0.4 is 10.6 Å². The number of amides is 1. The zero-order valence-electron chi connectivity index (χ0n) is 16.2. The van der Waals surface area contributed by atoms with E-state index in [0.29, 0.717) is 0 Å². The third-order valence-corrected chi connectivity index (χ3v) is 7.19. The van der Waals surface area contributed by atoms with Crippen molar-refractivity contribution in [2.75, 3.05) is 19.6 Å². The quantitative estimate of drug-likeness (QED) is 0.766. The molecule has 1 saturated heterocycles. The first-order valence-corrected chi connectivity index (χ1v) is 10.7. The first-order valence-electron chi connectivity index (χ1n) is 9.84. The van der Waals surface area contributed by atoms with Gasteiger partial charge >= 0.3 is 0 Å². The number of piperidine rings is 1. The topological polar surface area (TPSA) is 54.0 Å². The first kappa shape index (κ1) is 19.3. The number of hydrogen-bond donors (Lipinski definition) is 2. The highest BCUT2D eigenvalue weighted by molar-refractivity contribution is 7.18. The molecule has 0 atom stereocenters. The average molecular weight is 374 g/mol. The lowest BCUT2D eigenvalue weighted by molar-refractivity contribution is -0.132. The second-order valence-electron chi connectivity index (χ2n) is 7.98. The molecule has 1 aliphatic rings. The molecule has 2 heterocycles. The fourth-order valence-electron chi connectivity index (χ4n) is 3.87. The van der Waals surface area contributed by atoms with Gasteiger partial charge in [0.15, 0.2) is 0 Å². The molecule has 0 saturated carbocycles. The van der Waals surface area contributed by atoms with Crippen LogP contribution in [0.4, 0.5) is 0 Å². The summed E-state index contributed by atoms with van der Waals surface area (Å²) in [6, 6.07) is 8.22. The Bertz CT molecular complexity index is 712. The van der Waals surface area contributed by atoms with Gasteiger partial charge in [0, 0.05) is 13.0 Å². The molecule has 1 amide bonds. The summed E-state index contributed by atoms with van der Waals surface area (Å²) in [7, 11) is 0.